The molecule has 0 aliphatic heterocycles. The van der Waals surface area contributed by atoms with Gasteiger partial charge in [0.05, 0.1) is 0 Å². The van der Waals surface area contributed by atoms with Crippen LogP contribution in [-0.2, 0) is 0 Å². The average molecular weight is 239 g/mol. The van der Waals surface area contributed by atoms with Crippen LogP contribution in [0.25, 0.3) is 6.08 Å². The number of nitrogens with one attached hydrogen (secondary N) is 1. The topological polar surface area (TPSA) is 12.0 Å². The van der Waals surface area contributed by atoms with E-state index in [9.17, 15) is 8.78 Å². The summed E-state index contributed by atoms with van der Waals surface area (Å²) >= 11 is 0. The maximum absolute atomic E-state index is 13.4. The van der Waals surface area contributed by atoms with Gasteiger partial charge in [-0.15, -0.1) is 0 Å². The molecule has 0 fully saturated rings. The van der Waals surface area contributed by atoms with E-state index in [0.29, 0.717) is 12.1 Å². The summed E-state index contributed by atoms with van der Waals surface area (Å²) in [5.41, 5.74) is 1.26. The summed E-state index contributed by atoms with van der Waals surface area (Å²) in [7, 11) is 0. The fraction of sp³-hybridized carbons (Fsp3) is 0.429. The highest BCUT2D eigenvalue weighted by molar-refractivity contribution is 5.53. The lowest BCUT2D eigenvalue weighted by molar-refractivity contribution is 0.445. The number of hydrogen-bond acceptors (Lipinski definition) is 1. The van der Waals surface area contributed by atoms with Gasteiger partial charge in [-0.05, 0) is 33.8 Å². The van der Waals surface area contributed by atoms with Gasteiger partial charge in [0.25, 0.3) is 0 Å². The van der Waals surface area contributed by atoms with Crippen molar-refractivity contribution in [2.24, 2.45) is 0 Å². The second kappa shape index (κ2) is 5.41. The van der Waals surface area contributed by atoms with Crippen LogP contribution in [0.4, 0.5) is 8.78 Å². The van der Waals surface area contributed by atoms with E-state index in [1.165, 1.54) is 6.07 Å². The zero-order valence-corrected chi connectivity index (χ0v) is 10.8. The maximum atomic E-state index is 13.4. The first kappa shape index (κ1) is 13.8. The Kier molecular flexibility index (Phi) is 4.40. The molecule has 1 aromatic rings. The first-order valence-electron chi connectivity index (χ1n) is 5.66. The summed E-state index contributed by atoms with van der Waals surface area (Å²) in [6.07, 6.45) is 1.66. The summed E-state index contributed by atoms with van der Waals surface area (Å²) in [5, 5.41) is 3.29. The summed E-state index contributed by atoms with van der Waals surface area (Å²) in [6, 6.07) is 4.20. The van der Waals surface area contributed by atoms with Crippen LogP contribution in [0.2, 0.25) is 0 Å². The molecule has 0 heterocycles. The molecule has 0 unspecified atom stereocenters. The largest absolute Gasteiger partial charge is 0.308 e. The highest BCUT2D eigenvalue weighted by Crippen LogP contribution is 2.14. The van der Waals surface area contributed by atoms with E-state index < -0.39 is 11.6 Å². The number of rotatable bonds is 3. The van der Waals surface area contributed by atoms with Gasteiger partial charge in [-0.1, -0.05) is 23.8 Å². The van der Waals surface area contributed by atoms with Crippen molar-refractivity contribution >= 4 is 6.08 Å². The Hall–Kier alpha value is -1.22. The molecule has 0 atom stereocenters. The van der Waals surface area contributed by atoms with Crippen molar-refractivity contribution in [3.8, 4) is 0 Å². The number of halogens is 2. The molecule has 1 aromatic carbocycles. The van der Waals surface area contributed by atoms with Crippen LogP contribution in [0.3, 0.4) is 0 Å². The third kappa shape index (κ3) is 4.65. The molecule has 0 bridgehead atoms. The Morgan fingerprint density at radius 2 is 1.94 bits per heavy atom. The first-order valence-corrected chi connectivity index (χ1v) is 5.66. The molecule has 17 heavy (non-hydrogen) atoms. The maximum Gasteiger partial charge on any atom is 0.166 e. The number of hydrogen-bond donors (Lipinski definition) is 1. The van der Waals surface area contributed by atoms with Gasteiger partial charge in [0.1, 0.15) is 0 Å². The second-order valence-corrected chi connectivity index (χ2v) is 5.24. The predicted octanol–water partition coefficient (Wildman–Crippen LogP) is 3.76. The van der Waals surface area contributed by atoms with E-state index in [1.807, 2.05) is 6.92 Å². The molecule has 0 aromatic heterocycles. The molecule has 1 N–H and O–H groups in total. The van der Waals surface area contributed by atoms with E-state index >= 15 is 0 Å². The van der Waals surface area contributed by atoms with E-state index in [1.54, 1.807) is 12.1 Å². The molecule has 3 heteroatoms. The second-order valence-electron chi connectivity index (χ2n) is 5.24. The molecular weight excluding hydrogens is 220 g/mol. The number of benzene rings is 1. The van der Waals surface area contributed by atoms with Crippen LogP contribution in [0.1, 0.15) is 33.3 Å². The lowest BCUT2D eigenvalue weighted by Crippen LogP contribution is -2.36. The Morgan fingerprint density at radius 3 is 2.53 bits per heavy atom. The molecule has 94 valence electrons. The lowest BCUT2D eigenvalue weighted by Gasteiger charge is -2.20. The fourth-order valence-corrected chi connectivity index (χ4v) is 1.35. The van der Waals surface area contributed by atoms with Crippen molar-refractivity contribution < 1.29 is 8.78 Å². The van der Waals surface area contributed by atoms with Crippen LogP contribution >= 0.6 is 0 Å². The fourth-order valence-electron chi connectivity index (χ4n) is 1.35. The van der Waals surface area contributed by atoms with Crippen molar-refractivity contribution in [3.05, 3.63) is 41.0 Å². The molecule has 1 nitrogen and oxygen atoms in total. The minimum Gasteiger partial charge on any atom is -0.308 e. The van der Waals surface area contributed by atoms with E-state index in [2.05, 4.69) is 26.1 Å². The lowest BCUT2D eigenvalue weighted by atomic mass is 10.1. The van der Waals surface area contributed by atoms with Crippen molar-refractivity contribution in [1.82, 2.24) is 5.32 Å². The standard InChI is InChI=1S/C14H19F2N/c1-10(9-17-14(2,3)4)8-11-6-5-7-12(15)13(11)16/h5-8,17H,9H2,1-4H3. The molecule has 0 saturated carbocycles. The normalized spacial score (nSPS) is 12.9. The molecule has 0 radical (unpaired) electrons. The Bertz CT molecular complexity index is 417. The van der Waals surface area contributed by atoms with Gasteiger partial charge < -0.3 is 5.32 Å². The minimum absolute atomic E-state index is 0.00951. The van der Waals surface area contributed by atoms with Gasteiger partial charge >= 0.3 is 0 Å². The Labute approximate surface area is 102 Å². The van der Waals surface area contributed by atoms with Crippen LogP contribution in [0.5, 0.6) is 0 Å². The van der Waals surface area contributed by atoms with E-state index in [-0.39, 0.29) is 5.54 Å². The van der Waals surface area contributed by atoms with Crippen LogP contribution in [-0.4, -0.2) is 12.1 Å². The van der Waals surface area contributed by atoms with Gasteiger partial charge in [-0.3, -0.25) is 0 Å². The van der Waals surface area contributed by atoms with E-state index in [4.69, 9.17) is 0 Å². The first-order chi connectivity index (χ1) is 7.79. The van der Waals surface area contributed by atoms with E-state index in [0.717, 1.165) is 11.6 Å². The van der Waals surface area contributed by atoms with Crippen LogP contribution in [0.15, 0.2) is 23.8 Å². The molecule has 0 aliphatic rings. The van der Waals surface area contributed by atoms with Crippen molar-refractivity contribution in [2.75, 3.05) is 6.54 Å². The smallest absolute Gasteiger partial charge is 0.166 e. The molecule has 0 amide bonds. The highest BCUT2D eigenvalue weighted by atomic mass is 19.2. The van der Waals surface area contributed by atoms with Gasteiger partial charge in [-0.2, -0.15) is 0 Å². The minimum atomic E-state index is -0.810. The molecule has 0 saturated heterocycles. The van der Waals surface area contributed by atoms with Crippen molar-refractivity contribution in [3.63, 3.8) is 0 Å². The van der Waals surface area contributed by atoms with Gasteiger partial charge in [0, 0.05) is 17.6 Å². The zero-order chi connectivity index (χ0) is 13.1. The third-order valence-corrected chi connectivity index (χ3v) is 2.28. The summed E-state index contributed by atoms with van der Waals surface area (Å²) in [5.74, 6) is -1.60. The quantitative estimate of drug-likeness (QED) is 0.847. The third-order valence-electron chi connectivity index (χ3n) is 2.28. The van der Waals surface area contributed by atoms with Crippen molar-refractivity contribution in [2.45, 2.75) is 33.2 Å². The highest BCUT2D eigenvalue weighted by Gasteiger charge is 2.09. The molecule has 1 rings (SSSR count). The Balaban J connectivity index is 2.78. The molecular formula is C14H19F2N. The molecule has 0 aliphatic carbocycles. The van der Waals surface area contributed by atoms with Crippen molar-refractivity contribution in [1.29, 1.82) is 0 Å². The average Bonchev–Trinajstić information content (AvgIpc) is 2.21. The summed E-state index contributed by atoms with van der Waals surface area (Å²) in [6.45, 7) is 8.72. The monoisotopic (exact) mass is 239 g/mol. The zero-order valence-electron chi connectivity index (χ0n) is 10.8. The van der Waals surface area contributed by atoms with Crippen LogP contribution < -0.4 is 5.32 Å². The SMILES string of the molecule is CC(=Cc1cccc(F)c1F)CNC(C)(C)C. The predicted molar refractivity (Wildman–Crippen MR) is 67.8 cm³/mol. The summed E-state index contributed by atoms with van der Waals surface area (Å²) < 4.78 is 26.4. The molecule has 0 spiro atoms. The van der Waals surface area contributed by atoms with Crippen LogP contribution in [0, 0.1) is 11.6 Å². The Morgan fingerprint density at radius 1 is 1.29 bits per heavy atom. The van der Waals surface area contributed by atoms with Gasteiger partial charge in [0.2, 0.25) is 0 Å². The van der Waals surface area contributed by atoms with Gasteiger partial charge in [-0.25, -0.2) is 8.78 Å². The summed E-state index contributed by atoms with van der Waals surface area (Å²) in [4.78, 5) is 0. The van der Waals surface area contributed by atoms with Gasteiger partial charge in [0.15, 0.2) is 11.6 Å².